The molecule has 5 aromatic carbocycles. The monoisotopic (exact) mass is 925 g/mol. The van der Waals surface area contributed by atoms with Gasteiger partial charge < -0.3 is 14.4 Å². The number of benzene rings is 5. The van der Waals surface area contributed by atoms with Gasteiger partial charge in [0, 0.05) is 32.5 Å². The summed E-state index contributed by atoms with van der Waals surface area (Å²) >= 11 is 0. The van der Waals surface area contributed by atoms with Crippen molar-refractivity contribution in [2.24, 2.45) is 0 Å². The molecule has 0 saturated heterocycles. The molecule has 0 aliphatic heterocycles. The molecular formula is C51H48IrN2OSi-2. The molecule has 0 fully saturated rings. The van der Waals surface area contributed by atoms with Gasteiger partial charge in [-0.1, -0.05) is 150 Å². The molecule has 1 aliphatic carbocycles. The molecule has 0 atom stereocenters. The number of fused-ring (bicyclic) bond motifs is 4. The molecule has 1 aliphatic rings. The molecule has 3 heterocycles. The van der Waals surface area contributed by atoms with E-state index in [1.54, 1.807) is 0 Å². The van der Waals surface area contributed by atoms with Crippen molar-refractivity contribution in [3.63, 3.8) is 0 Å². The zero-order valence-electron chi connectivity index (χ0n) is 33.2. The fourth-order valence-corrected chi connectivity index (χ4v) is 8.50. The van der Waals surface area contributed by atoms with Gasteiger partial charge in [0.05, 0.1) is 13.7 Å². The summed E-state index contributed by atoms with van der Waals surface area (Å²) in [7, 11) is -1.25. The molecule has 1 radical (unpaired) electrons. The largest absolute Gasteiger partial charge is 0.476 e. The van der Waals surface area contributed by atoms with Crippen molar-refractivity contribution >= 4 is 35.2 Å². The summed E-state index contributed by atoms with van der Waals surface area (Å²) in [6.07, 6.45) is 8.96. The van der Waals surface area contributed by atoms with E-state index >= 15 is 0 Å². The van der Waals surface area contributed by atoms with Crippen LogP contribution in [-0.2, 0) is 38.4 Å². The minimum Gasteiger partial charge on any atom is -0.476 e. The topological polar surface area (TPSA) is 38.9 Å². The van der Waals surface area contributed by atoms with E-state index in [9.17, 15) is 0 Å². The van der Waals surface area contributed by atoms with Gasteiger partial charge in [0.25, 0.3) is 0 Å². The van der Waals surface area contributed by atoms with E-state index in [0.717, 1.165) is 55.6 Å². The van der Waals surface area contributed by atoms with Gasteiger partial charge in [-0.3, -0.25) is 0 Å². The first kappa shape index (κ1) is 39.3. The quantitative estimate of drug-likeness (QED) is 0.128. The third-order valence-corrected chi connectivity index (χ3v) is 12.8. The number of pyridine rings is 2. The van der Waals surface area contributed by atoms with Crippen LogP contribution in [0.1, 0.15) is 50.3 Å². The molecular weight excluding hydrogens is 877 g/mol. The van der Waals surface area contributed by atoms with Gasteiger partial charge in [0.15, 0.2) is 0 Å². The molecule has 283 valence electrons. The van der Waals surface area contributed by atoms with Crippen molar-refractivity contribution < 1.29 is 24.5 Å². The maximum Gasteiger partial charge on any atom is 0.124 e. The number of aromatic nitrogens is 2. The summed E-state index contributed by atoms with van der Waals surface area (Å²) in [4.78, 5) is 9.30. The maximum absolute atomic E-state index is 6.45. The third kappa shape index (κ3) is 8.41. The molecule has 3 aromatic heterocycles. The number of hydrogen-bond acceptors (Lipinski definition) is 3. The summed E-state index contributed by atoms with van der Waals surface area (Å²) < 4.78 is 6.45. The van der Waals surface area contributed by atoms with E-state index in [1.165, 1.54) is 58.7 Å². The van der Waals surface area contributed by atoms with Crippen molar-refractivity contribution in [3.8, 4) is 44.8 Å². The van der Waals surface area contributed by atoms with E-state index in [4.69, 9.17) is 4.42 Å². The Morgan fingerprint density at radius 1 is 0.643 bits per heavy atom. The second kappa shape index (κ2) is 16.3. The van der Waals surface area contributed by atoms with Crippen molar-refractivity contribution in [2.75, 3.05) is 0 Å². The van der Waals surface area contributed by atoms with Crippen LogP contribution in [0.2, 0.25) is 19.6 Å². The first-order valence-corrected chi connectivity index (χ1v) is 23.0. The Kier molecular flexibility index (Phi) is 11.4. The van der Waals surface area contributed by atoms with Crippen molar-refractivity contribution in [1.82, 2.24) is 9.97 Å². The molecule has 0 spiro atoms. The summed E-state index contributed by atoms with van der Waals surface area (Å²) in [6.45, 7) is 13.7. The van der Waals surface area contributed by atoms with Gasteiger partial charge in [-0.05, 0) is 79.8 Å². The van der Waals surface area contributed by atoms with Crippen LogP contribution in [0, 0.1) is 12.1 Å². The fourth-order valence-electron chi connectivity index (χ4n) is 7.46. The summed E-state index contributed by atoms with van der Waals surface area (Å²) in [5.41, 5.74) is 14.5. The second-order valence-corrected chi connectivity index (χ2v) is 21.9. The van der Waals surface area contributed by atoms with E-state index in [2.05, 4.69) is 178 Å². The Labute approximate surface area is 346 Å². The van der Waals surface area contributed by atoms with Crippen LogP contribution in [0.15, 0.2) is 138 Å². The molecule has 9 rings (SSSR count). The Morgan fingerprint density at radius 2 is 1.34 bits per heavy atom. The summed E-state index contributed by atoms with van der Waals surface area (Å²) in [6, 6.07) is 49.8. The average Bonchev–Trinajstić information content (AvgIpc) is 3.58. The van der Waals surface area contributed by atoms with Crippen LogP contribution in [-0.4, -0.2) is 18.0 Å². The van der Waals surface area contributed by atoms with Crippen molar-refractivity contribution in [2.45, 2.75) is 71.5 Å². The van der Waals surface area contributed by atoms with Crippen LogP contribution >= 0.6 is 0 Å². The molecule has 5 heteroatoms. The van der Waals surface area contributed by atoms with Crippen LogP contribution in [0.4, 0.5) is 0 Å². The summed E-state index contributed by atoms with van der Waals surface area (Å²) in [5.74, 6) is 0. The first-order valence-electron chi connectivity index (χ1n) is 19.5. The SMILES string of the molecule is CC(C)(C)c1ccnc(-c2[c-]c3oc4cc(-c5ccccc5)cc(-c5ccccc5)c4c3cc2)c1.C[Si](C)(C)c1ccc(-c2[c-]c3c(cc2)CCCC3)nc1.[Ir]. The van der Waals surface area contributed by atoms with Gasteiger partial charge >= 0.3 is 0 Å². The van der Waals surface area contributed by atoms with E-state index in [-0.39, 0.29) is 25.5 Å². The third-order valence-electron chi connectivity index (χ3n) is 10.7. The average molecular weight is 925 g/mol. The number of aryl methyl sites for hydroxylation is 2. The van der Waals surface area contributed by atoms with Crippen LogP contribution in [0.5, 0.6) is 0 Å². The second-order valence-electron chi connectivity index (χ2n) is 16.8. The van der Waals surface area contributed by atoms with E-state index in [0.29, 0.717) is 0 Å². The Bertz CT molecular complexity index is 2600. The van der Waals surface area contributed by atoms with Crippen LogP contribution in [0.3, 0.4) is 0 Å². The van der Waals surface area contributed by atoms with Gasteiger partial charge in [-0.25, -0.2) is 0 Å². The Balaban J connectivity index is 0.000000195. The molecule has 0 amide bonds. The Hall–Kier alpha value is -4.93. The molecule has 8 aromatic rings. The number of hydrogen-bond donors (Lipinski definition) is 0. The van der Waals surface area contributed by atoms with Gasteiger partial charge in [0.2, 0.25) is 0 Å². The van der Waals surface area contributed by atoms with Crippen molar-refractivity contribution in [1.29, 1.82) is 0 Å². The van der Waals surface area contributed by atoms with Gasteiger partial charge in [-0.15, -0.1) is 52.6 Å². The van der Waals surface area contributed by atoms with Crippen LogP contribution < -0.4 is 5.19 Å². The zero-order valence-corrected chi connectivity index (χ0v) is 36.6. The normalized spacial score (nSPS) is 12.8. The minimum atomic E-state index is -1.25. The van der Waals surface area contributed by atoms with Crippen molar-refractivity contribution in [3.05, 3.63) is 163 Å². The number of nitrogens with zero attached hydrogens (tertiary/aromatic N) is 2. The standard InChI is InChI=1S/C33H26NO.C18H22NSi.Ir/c1-33(2,3)26-16-17-34-29(21-26)24-14-15-27-30(19-24)35-31-20-25(22-10-6-4-7-11-22)18-28(32(27)31)23-12-8-5-9-13-23;1-20(2,3)17-10-11-18(19-13-17)16-9-8-14-6-4-5-7-15(14)12-16;/h4-18,20-21H,1-3H3;8-11,13H,4-7H2,1-3H3;/q2*-1;. The molecule has 0 bridgehead atoms. The molecule has 0 saturated carbocycles. The molecule has 0 unspecified atom stereocenters. The zero-order chi connectivity index (χ0) is 38.2. The minimum absolute atomic E-state index is 0. The van der Waals surface area contributed by atoms with Gasteiger partial charge in [-0.2, -0.15) is 0 Å². The predicted octanol–water partition coefficient (Wildman–Crippen LogP) is 13.0. The first-order chi connectivity index (χ1) is 26.5. The fraction of sp³-hybridized carbons (Fsp3) is 0.216. The van der Waals surface area contributed by atoms with E-state index in [1.807, 2.05) is 18.3 Å². The maximum atomic E-state index is 6.45. The number of furan rings is 1. The smallest absolute Gasteiger partial charge is 0.124 e. The summed E-state index contributed by atoms with van der Waals surface area (Å²) in [5, 5.41) is 3.60. The predicted molar refractivity (Wildman–Crippen MR) is 233 cm³/mol. The molecule has 3 nitrogen and oxygen atoms in total. The Morgan fingerprint density at radius 3 is 2.04 bits per heavy atom. The molecule has 56 heavy (non-hydrogen) atoms. The van der Waals surface area contributed by atoms with Crippen LogP contribution in [0.25, 0.3) is 66.7 Å². The molecule has 0 N–H and O–H groups in total. The van der Waals surface area contributed by atoms with E-state index < -0.39 is 8.07 Å². The number of rotatable bonds is 5. The van der Waals surface area contributed by atoms with Gasteiger partial charge in [0.1, 0.15) is 5.58 Å².